The quantitative estimate of drug-likeness (QED) is 0.158. The minimum atomic E-state index is -4.44. The number of hydrogen-bond acceptors (Lipinski definition) is 4. The van der Waals surface area contributed by atoms with Crippen molar-refractivity contribution in [3.63, 3.8) is 0 Å². The normalized spacial score (nSPS) is 36.6. The summed E-state index contributed by atoms with van der Waals surface area (Å²) in [7, 11) is 0. The topological polar surface area (TPSA) is 65.5 Å². The Labute approximate surface area is 313 Å². The van der Waals surface area contributed by atoms with Crippen LogP contribution in [0.1, 0.15) is 129 Å². The van der Waals surface area contributed by atoms with Gasteiger partial charge in [0.05, 0.1) is 6.26 Å². The molecule has 5 saturated carbocycles. The van der Waals surface area contributed by atoms with E-state index in [-0.39, 0.29) is 81.0 Å². The molecule has 0 aliphatic heterocycles. The fourth-order valence-corrected chi connectivity index (χ4v) is 11.2. The minimum Gasteiger partial charge on any atom is -0.462 e. The van der Waals surface area contributed by atoms with E-state index in [1.165, 1.54) is 71.1 Å². The van der Waals surface area contributed by atoms with Gasteiger partial charge >= 0.3 is 63.5 Å². The van der Waals surface area contributed by atoms with Gasteiger partial charge in [-0.25, -0.2) is 0 Å². The molecule has 4 nitrogen and oxygen atoms in total. The molecule has 1 heterocycles. The third-order valence-electron chi connectivity index (χ3n) is 12.9. The van der Waals surface area contributed by atoms with E-state index in [2.05, 4.69) is 38.7 Å². The second-order valence-electron chi connectivity index (χ2n) is 15.5. The number of ether oxygens (including phenoxy) is 1. The van der Waals surface area contributed by atoms with Crippen LogP contribution in [0.5, 0.6) is 0 Å². The second kappa shape index (κ2) is 15.2. The van der Waals surface area contributed by atoms with Gasteiger partial charge in [-0.15, -0.1) is 6.58 Å². The maximum Gasteiger partial charge on any atom is 1.00 e. The number of hydrogen-bond donors (Lipinski definition) is 1. The number of esters is 1. The van der Waals surface area contributed by atoms with Crippen LogP contribution in [0, 0.1) is 58.7 Å². The van der Waals surface area contributed by atoms with Crippen LogP contribution < -0.4 is 57.1 Å². The van der Waals surface area contributed by atoms with Crippen molar-refractivity contribution in [2.75, 3.05) is 0 Å². The van der Waals surface area contributed by atoms with Gasteiger partial charge in [-0.05, 0) is 80.1 Å². The van der Waals surface area contributed by atoms with Crippen LogP contribution in [0.25, 0.3) is 0 Å². The smallest absolute Gasteiger partial charge is 0.462 e. The van der Waals surface area contributed by atoms with Crippen molar-refractivity contribution in [3.8, 4) is 0 Å². The molecule has 6 rings (SSSR count). The van der Waals surface area contributed by atoms with Gasteiger partial charge in [-0.3, -0.25) is 4.79 Å². The molecule has 0 radical (unpaired) electrons. The molecule has 5 aliphatic carbocycles. The first-order valence-electron chi connectivity index (χ1n) is 17.0. The van der Waals surface area contributed by atoms with Crippen LogP contribution in [0.2, 0.25) is 0 Å². The average molecular weight is 660 g/mol. The van der Waals surface area contributed by atoms with Gasteiger partial charge in [0.25, 0.3) is 0 Å². The van der Waals surface area contributed by atoms with Gasteiger partial charge in [0, 0.05) is 24.4 Å². The number of carbonyl (C=O) groups excluding carboxylic acids is 1. The molecule has 0 saturated heterocycles. The van der Waals surface area contributed by atoms with Crippen LogP contribution in [0.15, 0.2) is 23.3 Å². The van der Waals surface area contributed by atoms with Gasteiger partial charge in [0.1, 0.15) is 6.10 Å². The molecule has 8 atom stereocenters. The zero-order valence-electron chi connectivity index (χ0n) is 29.2. The summed E-state index contributed by atoms with van der Waals surface area (Å²) < 4.78 is 46.5. The van der Waals surface area contributed by atoms with Crippen LogP contribution in [-0.2, 0) is 22.3 Å². The largest absolute Gasteiger partial charge is 1.00 e. The Morgan fingerprint density at radius 2 is 1.71 bits per heavy atom. The molecule has 8 heteroatoms. The SMILES string of the molecule is C=CC.CC(=O)OC1CCC2(C)C(CCC3(C)C4CC[C-]5CCCC5C4CCC32)C1(C)C.Cc1coc(C(F)(F)F)c1CN.[K+]. The van der Waals surface area contributed by atoms with E-state index in [0.717, 1.165) is 36.4 Å². The number of halogens is 3. The molecule has 5 aliphatic rings. The number of carbonyl (C=O) groups is 1. The van der Waals surface area contributed by atoms with Crippen LogP contribution in [0.4, 0.5) is 13.2 Å². The van der Waals surface area contributed by atoms with E-state index in [4.69, 9.17) is 10.5 Å². The number of alkyl halides is 3. The summed E-state index contributed by atoms with van der Waals surface area (Å²) in [5.74, 6) is 5.34. The molecule has 0 spiro atoms. The Hall–Kier alpha value is -0.124. The number of nitrogens with two attached hydrogens (primary N) is 1. The van der Waals surface area contributed by atoms with Crippen molar-refractivity contribution in [3.05, 3.63) is 41.7 Å². The number of rotatable bonds is 2. The Bertz CT molecular complexity index is 1160. The summed E-state index contributed by atoms with van der Waals surface area (Å²) in [4.78, 5) is 11.7. The summed E-state index contributed by atoms with van der Waals surface area (Å²) in [6.45, 7) is 18.4. The molecule has 1 aromatic heterocycles. The van der Waals surface area contributed by atoms with Crippen LogP contribution in [-0.4, -0.2) is 12.1 Å². The van der Waals surface area contributed by atoms with Crippen molar-refractivity contribution in [2.45, 2.75) is 138 Å². The van der Waals surface area contributed by atoms with E-state index in [9.17, 15) is 18.0 Å². The summed E-state index contributed by atoms with van der Waals surface area (Å²) in [6, 6.07) is 0. The van der Waals surface area contributed by atoms with Gasteiger partial charge in [0.2, 0.25) is 5.76 Å². The molecule has 45 heavy (non-hydrogen) atoms. The van der Waals surface area contributed by atoms with Gasteiger partial charge in [0.15, 0.2) is 0 Å². The maximum absolute atomic E-state index is 12.1. The maximum atomic E-state index is 12.1. The average Bonchev–Trinajstić information content (AvgIpc) is 3.57. The van der Waals surface area contributed by atoms with Gasteiger partial charge < -0.3 is 20.8 Å². The van der Waals surface area contributed by atoms with E-state index >= 15 is 0 Å². The van der Waals surface area contributed by atoms with Gasteiger partial charge in [-0.2, -0.15) is 31.9 Å². The number of furan rings is 1. The monoisotopic (exact) mass is 659 g/mol. The Morgan fingerprint density at radius 1 is 1.07 bits per heavy atom. The summed E-state index contributed by atoms with van der Waals surface area (Å²) in [5.41, 5.74) is 6.64. The molecule has 5 fully saturated rings. The molecule has 2 N–H and O–H groups in total. The third-order valence-corrected chi connectivity index (χ3v) is 12.9. The second-order valence-corrected chi connectivity index (χ2v) is 15.5. The Kier molecular flexibility index (Phi) is 13.3. The van der Waals surface area contributed by atoms with Crippen LogP contribution >= 0.6 is 0 Å². The first-order chi connectivity index (χ1) is 20.6. The van der Waals surface area contributed by atoms with Crippen molar-refractivity contribution >= 4 is 5.97 Å². The zero-order valence-corrected chi connectivity index (χ0v) is 32.4. The summed E-state index contributed by atoms with van der Waals surface area (Å²) in [5, 5.41) is 0. The fourth-order valence-electron chi connectivity index (χ4n) is 11.2. The summed E-state index contributed by atoms with van der Waals surface area (Å²) in [6.07, 6.45) is 13.8. The standard InChI is InChI=1S/C27H43O2.C7H8F3NO.C3H6.K/c1-17(28)29-24-14-16-27(5)22(25(24,2)3)13-15-26(4)21-11-9-18-7-6-8-19(18)20(21)10-12-23(26)27;1-4-3-12-6(5(4)2-11)7(8,9)10;1-3-2;/h19-24H,6-16H2,1-5H3;3H,2,11H2,1H3;3H,1H2,2H3;/q-1;;;+1. The van der Waals surface area contributed by atoms with Crippen molar-refractivity contribution in [2.24, 2.45) is 51.6 Å². The molecule has 0 aromatic carbocycles. The predicted molar refractivity (Wildman–Crippen MR) is 169 cm³/mol. The number of fused-ring (bicyclic) bond motifs is 7. The fraction of sp³-hybridized carbons (Fsp3) is 0.784. The first-order valence-corrected chi connectivity index (χ1v) is 17.0. The molecule has 8 unspecified atom stereocenters. The van der Waals surface area contributed by atoms with E-state index < -0.39 is 11.9 Å². The predicted octanol–water partition coefficient (Wildman–Crippen LogP) is 7.23. The minimum absolute atomic E-state index is 0. The Balaban J connectivity index is 0.000000291. The molecule has 250 valence electrons. The molecule has 0 amide bonds. The van der Waals surface area contributed by atoms with Crippen molar-refractivity contribution in [1.82, 2.24) is 0 Å². The molecule has 1 aromatic rings. The van der Waals surface area contributed by atoms with Gasteiger partial charge in [-0.1, -0.05) is 65.4 Å². The third kappa shape index (κ3) is 7.56. The summed E-state index contributed by atoms with van der Waals surface area (Å²) >= 11 is 0. The van der Waals surface area contributed by atoms with Crippen molar-refractivity contribution in [1.29, 1.82) is 0 Å². The number of aryl methyl sites for hydroxylation is 1. The van der Waals surface area contributed by atoms with Crippen molar-refractivity contribution < 1.29 is 78.5 Å². The number of allylic oxidation sites excluding steroid dienone is 1. The van der Waals surface area contributed by atoms with E-state index in [1.807, 2.05) is 12.8 Å². The Morgan fingerprint density at radius 3 is 2.29 bits per heavy atom. The van der Waals surface area contributed by atoms with E-state index in [1.54, 1.807) is 13.0 Å². The molecular formula is C37H57F3KNO3. The van der Waals surface area contributed by atoms with Crippen LogP contribution in [0.3, 0.4) is 0 Å². The first kappa shape index (κ1) is 39.3. The molecule has 0 bridgehead atoms. The van der Waals surface area contributed by atoms with E-state index in [0.29, 0.717) is 22.3 Å². The molecular weight excluding hydrogens is 603 g/mol. The zero-order chi connectivity index (χ0) is 32.7.